The predicted octanol–water partition coefficient (Wildman–Crippen LogP) is -0.0130. The summed E-state index contributed by atoms with van der Waals surface area (Å²) in [5.74, 6) is -0.296. The fourth-order valence-corrected chi connectivity index (χ4v) is 0.272. The second kappa shape index (κ2) is 3.05. The van der Waals surface area contributed by atoms with Crippen LogP contribution in [0.25, 0.3) is 0 Å². The highest BCUT2D eigenvalue weighted by Gasteiger charge is 1.99. The molecule has 3 nitrogen and oxygen atoms in total. The van der Waals surface area contributed by atoms with Crippen LogP contribution in [-0.4, -0.2) is 18.1 Å². The van der Waals surface area contributed by atoms with Crippen LogP contribution in [0, 0.1) is 12.5 Å². The quantitative estimate of drug-likeness (QED) is 0.272. The summed E-state index contributed by atoms with van der Waals surface area (Å²) in [5.41, 5.74) is 0. The molecular formula is C5H7NO2. The van der Waals surface area contributed by atoms with E-state index in [0.717, 1.165) is 5.06 Å². The molecule has 0 rings (SSSR count). The van der Waals surface area contributed by atoms with Crippen LogP contribution in [0.3, 0.4) is 0 Å². The summed E-state index contributed by atoms with van der Waals surface area (Å²) >= 11 is 0. The number of terminal acetylenes is 1. The van der Waals surface area contributed by atoms with Crippen LogP contribution >= 0.6 is 0 Å². The zero-order valence-corrected chi connectivity index (χ0v) is 4.84. The van der Waals surface area contributed by atoms with Gasteiger partial charge in [0, 0.05) is 13.0 Å². The van der Waals surface area contributed by atoms with Gasteiger partial charge >= 0.3 is 0 Å². The highest BCUT2D eigenvalue weighted by Crippen LogP contribution is 1.82. The lowest BCUT2D eigenvalue weighted by Crippen LogP contribution is -2.21. The Morgan fingerprint density at radius 1 is 1.88 bits per heavy atom. The van der Waals surface area contributed by atoms with Gasteiger partial charge in [-0.2, -0.15) is 0 Å². The SMILES string of the molecule is C#CN(OC)C(C)=O. The van der Waals surface area contributed by atoms with Crippen molar-refractivity contribution in [2.45, 2.75) is 6.92 Å². The Labute approximate surface area is 48.2 Å². The van der Waals surface area contributed by atoms with Gasteiger partial charge in [-0.15, -0.1) is 5.06 Å². The molecule has 0 heterocycles. The third kappa shape index (κ3) is 1.63. The maximum atomic E-state index is 10.3. The minimum atomic E-state index is -0.296. The van der Waals surface area contributed by atoms with Crippen LogP contribution in [0.15, 0.2) is 0 Å². The highest BCUT2D eigenvalue weighted by molar-refractivity contribution is 5.73. The van der Waals surface area contributed by atoms with Crippen molar-refractivity contribution >= 4 is 5.91 Å². The third-order valence-electron chi connectivity index (χ3n) is 0.586. The van der Waals surface area contributed by atoms with Gasteiger partial charge in [0.05, 0.1) is 7.11 Å². The van der Waals surface area contributed by atoms with Crippen molar-refractivity contribution < 1.29 is 9.63 Å². The molecule has 0 spiro atoms. The van der Waals surface area contributed by atoms with E-state index >= 15 is 0 Å². The predicted molar refractivity (Wildman–Crippen MR) is 28.4 cm³/mol. The molecule has 0 saturated heterocycles. The Balaban J connectivity index is 3.76. The van der Waals surface area contributed by atoms with Crippen molar-refractivity contribution in [1.29, 1.82) is 0 Å². The molecule has 44 valence electrons. The second-order valence-corrected chi connectivity index (χ2v) is 1.13. The molecule has 0 aliphatic rings. The fraction of sp³-hybridized carbons (Fsp3) is 0.400. The van der Waals surface area contributed by atoms with E-state index in [1.807, 2.05) is 6.04 Å². The Bertz CT molecular complexity index is 125. The van der Waals surface area contributed by atoms with Crippen LogP contribution in [-0.2, 0) is 9.63 Å². The number of hydrogen-bond acceptors (Lipinski definition) is 2. The minimum absolute atomic E-state index is 0.296. The maximum absolute atomic E-state index is 10.3. The van der Waals surface area contributed by atoms with Gasteiger partial charge in [0.2, 0.25) is 0 Å². The summed E-state index contributed by atoms with van der Waals surface area (Å²) in [7, 11) is 1.33. The highest BCUT2D eigenvalue weighted by atomic mass is 16.7. The van der Waals surface area contributed by atoms with Gasteiger partial charge in [-0.25, -0.2) is 0 Å². The minimum Gasteiger partial charge on any atom is -0.272 e. The number of amides is 1. The van der Waals surface area contributed by atoms with Crippen LogP contribution in [0.5, 0.6) is 0 Å². The number of hydroxylamine groups is 2. The lowest BCUT2D eigenvalue weighted by molar-refractivity contribution is -0.156. The van der Waals surface area contributed by atoms with Crippen molar-refractivity contribution in [3.8, 4) is 12.5 Å². The molecular weight excluding hydrogens is 106 g/mol. The summed E-state index contributed by atoms with van der Waals surface area (Å²) in [4.78, 5) is 14.7. The second-order valence-electron chi connectivity index (χ2n) is 1.13. The summed E-state index contributed by atoms with van der Waals surface area (Å²) in [6.45, 7) is 1.32. The van der Waals surface area contributed by atoms with Crippen molar-refractivity contribution in [3.63, 3.8) is 0 Å². The number of nitrogens with zero attached hydrogens (tertiary/aromatic N) is 1. The number of carbonyl (C=O) groups excluding carboxylic acids is 1. The largest absolute Gasteiger partial charge is 0.272 e. The van der Waals surface area contributed by atoms with Crippen LogP contribution in [0.4, 0.5) is 0 Å². The Hall–Kier alpha value is -1.01. The van der Waals surface area contributed by atoms with Gasteiger partial charge in [-0.3, -0.25) is 9.63 Å². The fourth-order valence-electron chi connectivity index (χ4n) is 0.272. The first-order valence-corrected chi connectivity index (χ1v) is 2.03. The average molecular weight is 113 g/mol. The molecule has 0 aliphatic heterocycles. The molecule has 0 aromatic carbocycles. The monoisotopic (exact) mass is 113 g/mol. The smallest absolute Gasteiger partial charge is 0.255 e. The molecule has 0 unspecified atom stereocenters. The lowest BCUT2D eigenvalue weighted by atomic mass is 10.7. The molecule has 0 radical (unpaired) electrons. The van der Waals surface area contributed by atoms with Crippen LogP contribution in [0.2, 0.25) is 0 Å². The first kappa shape index (κ1) is 6.99. The van der Waals surface area contributed by atoms with E-state index in [1.54, 1.807) is 0 Å². The number of hydrogen-bond donors (Lipinski definition) is 0. The van der Waals surface area contributed by atoms with Crippen molar-refractivity contribution in [3.05, 3.63) is 0 Å². The van der Waals surface area contributed by atoms with Gasteiger partial charge in [0.1, 0.15) is 0 Å². The van der Waals surface area contributed by atoms with Crippen LogP contribution in [0.1, 0.15) is 6.92 Å². The Kier molecular flexibility index (Phi) is 2.67. The van der Waals surface area contributed by atoms with Crippen molar-refractivity contribution in [1.82, 2.24) is 5.06 Å². The van der Waals surface area contributed by atoms with E-state index in [-0.39, 0.29) is 5.91 Å². The molecule has 0 saturated carbocycles. The molecule has 0 aliphatic carbocycles. The van der Waals surface area contributed by atoms with Gasteiger partial charge in [-0.1, -0.05) is 6.42 Å². The van der Waals surface area contributed by atoms with Crippen molar-refractivity contribution in [2.75, 3.05) is 7.11 Å². The van der Waals surface area contributed by atoms with E-state index in [4.69, 9.17) is 6.42 Å². The summed E-state index contributed by atoms with van der Waals surface area (Å²) in [6, 6.07) is 2.01. The number of rotatable bonds is 1. The molecule has 3 heteroatoms. The normalized spacial score (nSPS) is 7.62. The van der Waals surface area contributed by atoms with Gasteiger partial charge in [0.15, 0.2) is 0 Å². The maximum Gasteiger partial charge on any atom is 0.255 e. The molecule has 0 fully saturated rings. The summed E-state index contributed by atoms with van der Waals surface area (Å²) < 4.78 is 0. The molecule has 0 N–H and O–H groups in total. The van der Waals surface area contributed by atoms with Crippen LogP contribution < -0.4 is 0 Å². The van der Waals surface area contributed by atoms with E-state index in [1.165, 1.54) is 14.0 Å². The molecule has 0 aromatic rings. The zero-order chi connectivity index (χ0) is 6.57. The Morgan fingerprint density at radius 2 is 2.38 bits per heavy atom. The molecule has 0 aromatic heterocycles. The molecule has 1 amide bonds. The molecule has 0 bridgehead atoms. The Morgan fingerprint density at radius 3 is 2.38 bits per heavy atom. The van der Waals surface area contributed by atoms with Gasteiger partial charge < -0.3 is 0 Å². The average Bonchev–Trinajstić information content (AvgIpc) is 1.69. The topological polar surface area (TPSA) is 29.5 Å². The summed E-state index contributed by atoms with van der Waals surface area (Å²) in [6.07, 6.45) is 4.81. The summed E-state index contributed by atoms with van der Waals surface area (Å²) in [5, 5.41) is 0.806. The first-order chi connectivity index (χ1) is 3.72. The van der Waals surface area contributed by atoms with E-state index in [2.05, 4.69) is 4.84 Å². The van der Waals surface area contributed by atoms with Gasteiger partial charge in [0.25, 0.3) is 5.91 Å². The molecule has 8 heavy (non-hydrogen) atoms. The van der Waals surface area contributed by atoms with Crippen molar-refractivity contribution in [2.24, 2.45) is 0 Å². The number of carbonyl (C=O) groups is 1. The standard InChI is InChI=1S/C5H7NO2/c1-4-6(8-3)5(2)7/h1H,2-3H3. The lowest BCUT2D eigenvalue weighted by Gasteiger charge is -2.06. The first-order valence-electron chi connectivity index (χ1n) is 2.03. The third-order valence-corrected chi connectivity index (χ3v) is 0.586. The van der Waals surface area contributed by atoms with E-state index < -0.39 is 0 Å². The molecule has 0 atom stereocenters. The van der Waals surface area contributed by atoms with E-state index in [9.17, 15) is 4.79 Å². The zero-order valence-electron chi connectivity index (χ0n) is 4.84. The van der Waals surface area contributed by atoms with Gasteiger partial charge in [-0.05, 0) is 0 Å². The van der Waals surface area contributed by atoms with E-state index in [0.29, 0.717) is 0 Å².